The third-order valence-electron chi connectivity index (χ3n) is 7.93. The minimum atomic E-state index is -4.18. The lowest BCUT2D eigenvalue weighted by Gasteiger charge is -2.34. The van der Waals surface area contributed by atoms with Crippen LogP contribution in [0.1, 0.15) is 55.7 Å². The van der Waals surface area contributed by atoms with Gasteiger partial charge in [-0.2, -0.15) is 0 Å². The second kappa shape index (κ2) is 14.3. The van der Waals surface area contributed by atoms with Crippen molar-refractivity contribution in [2.45, 2.75) is 76.4 Å². The number of halogens is 1. The number of benzene rings is 3. The molecule has 230 valence electrons. The Hall–Kier alpha value is -3.56. The van der Waals surface area contributed by atoms with Gasteiger partial charge in [0.25, 0.3) is 10.0 Å². The van der Waals surface area contributed by atoms with E-state index < -0.39 is 28.5 Å². The van der Waals surface area contributed by atoms with Crippen LogP contribution in [0.15, 0.2) is 71.6 Å². The fraction of sp³-hybridized carbons (Fsp3) is 0.394. The molecular formula is C33H40ClN3O5S. The lowest BCUT2D eigenvalue weighted by Crippen LogP contribution is -2.53. The molecule has 1 saturated carbocycles. The van der Waals surface area contributed by atoms with Gasteiger partial charge in [0.05, 0.1) is 17.7 Å². The zero-order valence-corrected chi connectivity index (χ0v) is 26.7. The van der Waals surface area contributed by atoms with E-state index in [9.17, 15) is 18.0 Å². The molecule has 3 aromatic carbocycles. The highest BCUT2D eigenvalue weighted by Crippen LogP contribution is 2.30. The number of nitrogens with one attached hydrogen (secondary N) is 1. The van der Waals surface area contributed by atoms with Crippen molar-refractivity contribution in [2.75, 3.05) is 18.0 Å². The molecule has 0 aromatic heterocycles. The summed E-state index contributed by atoms with van der Waals surface area (Å²) in [5.41, 5.74) is 2.63. The van der Waals surface area contributed by atoms with Gasteiger partial charge in [-0.05, 0) is 80.6 Å². The Morgan fingerprint density at radius 2 is 1.65 bits per heavy atom. The maximum atomic E-state index is 14.3. The van der Waals surface area contributed by atoms with Crippen molar-refractivity contribution in [2.24, 2.45) is 0 Å². The van der Waals surface area contributed by atoms with E-state index >= 15 is 0 Å². The van der Waals surface area contributed by atoms with Crippen LogP contribution in [0.5, 0.6) is 5.75 Å². The highest BCUT2D eigenvalue weighted by atomic mass is 35.5. The monoisotopic (exact) mass is 625 g/mol. The van der Waals surface area contributed by atoms with Crippen molar-refractivity contribution in [3.05, 3.63) is 88.4 Å². The lowest BCUT2D eigenvalue weighted by atomic mass is 10.1. The maximum Gasteiger partial charge on any atom is 0.264 e. The summed E-state index contributed by atoms with van der Waals surface area (Å²) < 4.78 is 34.6. The number of ether oxygens (including phenoxy) is 1. The maximum absolute atomic E-state index is 14.3. The number of anilines is 1. The van der Waals surface area contributed by atoms with Crippen LogP contribution in [0.25, 0.3) is 0 Å². The molecule has 0 aliphatic heterocycles. The second-order valence-electron chi connectivity index (χ2n) is 11.0. The highest BCUT2D eigenvalue weighted by Gasteiger charge is 2.35. The molecule has 4 rings (SSSR count). The molecule has 1 fully saturated rings. The normalized spacial score (nSPS) is 14.3. The minimum Gasteiger partial charge on any atom is -0.497 e. The Labute approximate surface area is 260 Å². The molecule has 1 aliphatic carbocycles. The minimum absolute atomic E-state index is 0.0537. The van der Waals surface area contributed by atoms with Gasteiger partial charge in [-0.25, -0.2) is 8.42 Å². The lowest BCUT2D eigenvalue weighted by molar-refractivity contribution is -0.140. The van der Waals surface area contributed by atoms with Gasteiger partial charge < -0.3 is 15.0 Å². The molecule has 0 bridgehead atoms. The molecule has 8 nitrogen and oxygen atoms in total. The topological polar surface area (TPSA) is 96.0 Å². The van der Waals surface area contributed by atoms with Crippen molar-refractivity contribution in [3.63, 3.8) is 0 Å². The number of amides is 2. The molecule has 43 heavy (non-hydrogen) atoms. The van der Waals surface area contributed by atoms with Gasteiger partial charge >= 0.3 is 0 Å². The van der Waals surface area contributed by atoms with Gasteiger partial charge in [0.15, 0.2) is 0 Å². The molecule has 0 radical (unpaired) electrons. The number of rotatable bonds is 12. The summed E-state index contributed by atoms with van der Waals surface area (Å²) in [6, 6.07) is 18.0. The highest BCUT2D eigenvalue weighted by molar-refractivity contribution is 7.92. The zero-order chi connectivity index (χ0) is 31.1. The number of hydrogen-bond acceptors (Lipinski definition) is 5. The van der Waals surface area contributed by atoms with E-state index in [0.29, 0.717) is 28.4 Å². The molecule has 0 unspecified atom stereocenters. The van der Waals surface area contributed by atoms with Crippen LogP contribution in [-0.4, -0.2) is 50.9 Å². The number of hydrogen-bond donors (Lipinski definition) is 1. The summed E-state index contributed by atoms with van der Waals surface area (Å²) in [5.74, 6) is -0.0677. The first-order valence-corrected chi connectivity index (χ1v) is 16.4. The molecule has 10 heteroatoms. The molecule has 0 spiro atoms. The molecule has 1 aliphatic rings. The number of aryl methyl sites for hydroxylation is 2. The summed E-state index contributed by atoms with van der Waals surface area (Å²) in [6.07, 6.45) is 4.29. The zero-order valence-electron chi connectivity index (χ0n) is 25.2. The number of nitrogens with zero attached hydrogens (tertiary/aromatic N) is 2. The standard InChI is InChI=1S/C33H40ClN3O5S/c1-5-30(33(39)35-27-8-6-7-9-27)36(21-25-13-16-28(42-4)17-14-25)32(38)22-37(31-20-26(34)15-12-24(31)3)43(40,41)29-18-10-23(2)11-19-29/h10-20,27,30H,5-9,21-22H2,1-4H3,(H,35,39)/t30-/m1/s1. The third-order valence-corrected chi connectivity index (χ3v) is 9.94. The van der Waals surface area contributed by atoms with Crippen LogP contribution >= 0.6 is 11.6 Å². The average molecular weight is 626 g/mol. The Balaban J connectivity index is 1.74. The summed E-state index contributed by atoms with van der Waals surface area (Å²) in [7, 11) is -2.61. The van der Waals surface area contributed by atoms with Crippen molar-refractivity contribution in [1.82, 2.24) is 10.2 Å². The number of carbonyl (C=O) groups is 2. The predicted octanol–water partition coefficient (Wildman–Crippen LogP) is 6.03. The van der Waals surface area contributed by atoms with E-state index in [1.165, 1.54) is 17.0 Å². The van der Waals surface area contributed by atoms with Gasteiger partial charge in [-0.1, -0.05) is 67.3 Å². The smallest absolute Gasteiger partial charge is 0.264 e. The van der Waals surface area contributed by atoms with Crippen molar-refractivity contribution >= 4 is 39.1 Å². The van der Waals surface area contributed by atoms with Crippen LogP contribution in [0.3, 0.4) is 0 Å². The van der Waals surface area contributed by atoms with Crippen molar-refractivity contribution in [3.8, 4) is 5.75 Å². The first-order chi connectivity index (χ1) is 20.5. The molecule has 1 N–H and O–H groups in total. The number of carbonyl (C=O) groups excluding carboxylic acids is 2. The summed E-state index contributed by atoms with van der Waals surface area (Å²) in [6.45, 7) is 5.10. The van der Waals surface area contributed by atoms with E-state index in [1.807, 2.05) is 26.0 Å². The van der Waals surface area contributed by atoms with Gasteiger partial charge in [0, 0.05) is 17.6 Å². The van der Waals surface area contributed by atoms with Gasteiger partial charge in [0.1, 0.15) is 18.3 Å². The molecule has 0 heterocycles. The molecule has 1 atom stereocenters. The Bertz CT molecular complexity index is 1520. The largest absolute Gasteiger partial charge is 0.497 e. The fourth-order valence-electron chi connectivity index (χ4n) is 5.42. The van der Waals surface area contributed by atoms with E-state index in [2.05, 4.69) is 5.32 Å². The van der Waals surface area contributed by atoms with E-state index in [0.717, 1.165) is 41.1 Å². The van der Waals surface area contributed by atoms with Gasteiger partial charge in [0.2, 0.25) is 11.8 Å². The quantitative estimate of drug-likeness (QED) is 0.265. The second-order valence-corrected chi connectivity index (χ2v) is 13.3. The van der Waals surface area contributed by atoms with Gasteiger partial charge in [-0.3, -0.25) is 13.9 Å². The first kappa shape index (κ1) is 32.4. The van der Waals surface area contributed by atoms with E-state index in [4.69, 9.17) is 16.3 Å². The summed E-state index contributed by atoms with van der Waals surface area (Å²) in [5, 5.41) is 3.47. The number of methoxy groups -OCH3 is 1. The Morgan fingerprint density at radius 1 is 1.00 bits per heavy atom. The summed E-state index contributed by atoms with van der Waals surface area (Å²) >= 11 is 6.32. The SMILES string of the molecule is CC[C@H](C(=O)NC1CCCC1)N(Cc1ccc(OC)cc1)C(=O)CN(c1cc(Cl)ccc1C)S(=O)(=O)c1ccc(C)cc1. The molecular weight excluding hydrogens is 586 g/mol. The molecule has 3 aromatic rings. The van der Waals surface area contributed by atoms with Crippen LogP contribution in [-0.2, 0) is 26.2 Å². The molecule has 2 amide bonds. The number of sulfonamides is 1. The van der Waals surface area contributed by atoms with Crippen molar-refractivity contribution < 1.29 is 22.7 Å². The van der Waals surface area contributed by atoms with Crippen molar-refractivity contribution in [1.29, 1.82) is 0 Å². The van der Waals surface area contributed by atoms with Crippen LogP contribution in [0.4, 0.5) is 5.69 Å². The first-order valence-electron chi connectivity index (χ1n) is 14.6. The van der Waals surface area contributed by atoms with Gasteiger partial charge in [-0.15, -0.1) is 0 Å². The van der Waals surface area contributed by atoms with Crippen LogP contribution in [0.2, 0.25) is 5.02 Å². The molecule has 0 saturated heterocycles. The predicted molar refractivity (Wildman–Crippen MR) is 170 cm³/mol. The summed E-state index contributed by atoms with van der Waals surface area (Å²) in [4.78, 5) is 29.4. The average Bonchev–Trinajstić information content (AvgIpc) is 3.50. The van der Waals surface area contributed by atoms with E-state index in [1.54, 1.807) is 56.5 Å². The Morgan fingerprint density at radius 3 is 2.26 bits per heavy atom. The fourth-order valence-corrected chi connectivity index (χ4v) is 7.05. The van der Waals surface area contributed by atoms with Crippen LogP contribution in [0, 0.1) is 13.8 Å². The van der Waals surface area contributed by atoms with E-state index in [-0.39, 0.29) is 23.4 Å². The third kappa shape index (κ3) is 7.89. The van der Waals surface area contributed by atoms with Crippen LogP contribution < -0.4 is 14.4 Å². The Kier molecular flexibility index (Phi) is 10.7.